The summed E-state index contributed by atoms with van der Waals surface area (Å²) in [6, 6.07) is 12.9. The topological polar surface area (TPSA) is 96.5 Å². The van der Waals surface area contributed by atoms with Gasteiger partial charge in [0.15, 0.2) is 5.01 Å². The molecule has 0 aliphatic carbocycles. The minimum absolute atomic E-state index is 0.0836. The molecule has 0 saturated heterocycles. The van der Waals surface area contributed by atoms with Crippen molar-refractivity contribution in [1.29, 1.82) is 0 Å². The zero-order valence-corrected chi connectivity index (χ0v) is 21.5. The lowest BCUT2D eigenvalue weighted by Gasteiger charge is -2.20. The van der Waals surface area contributed by atoms with Crippen molar-refractivity contribution >= 4 is 51.4 Å². The van der Waals surface area contributed by atoms with E-state index in [1.54, 1.807) is 18.2 Å². The van der Waals surface area contributed by atoms with Gasteiger partial charge in [0.2, 0.25) is 0 Å². The van der Waals surface area contributed by atoms with Gasteiger partial charge in [-0.15, -0.1) is 11.3 Å². The number of anilines is 1. The van der Waals surface area contributed by atoms with Crippen molar-refractivity contribution in [2.75, 3.05) is 26.0 Å². The highest BCUT2D eigenvalue weighted by molar-refractivity contribution is 7.13. The Balaban J connectivity index is 1.37. The average molecular weight is 525 g/mol. The van der Waals surface area contributed by atoms with Crippen LogP contribution in [0.1, 0.15) is 31.6 Å². The third kappa shape index (κ3) is 5.38. The van der Waals surface area contributed by atoms with Gasteiger partial charge in [-0.2, -0.15) is 0 Å². The molecule has 2 aromatic carbocycles. The highest BCUT2D eigenvalue weighted by atomic mass is 35.5. The van der Waals surface area contributed by atoms with Gasteiger partial charge < -0.3 is 24.7 Å². The molecule has 36 heavy (non-hydrogen) atoms. The lowest BCUT2D eigenvalue weighted by Crippen LogP contribution is -2.25. The Labute approximate surface area is 217 Å². The number of esters is 1. The molecule has 1 aliphatic heterocycles. The molecular formula is C26H25ClN4O4S. The first-order valence-corrected chi connectivity index (χ1v) is 12.7. The number of likely N-dealkylation sites (N-methyl/N-ethyl adjacent to an activating group) is 1. The molecular weight excluding hydrogens is 500 g/mol. The van der Waals surface area contributed by atoms with Crippen LogP contribution in [-0.2, 0) is 35.5 Å². The Morgan fingerprint density at radius 3 is 2.92 bits per heavy atom. The summed E-state index contributed by atoms with van der Waals surface area (Å²) in [5.74, 6) is -0.193. The first-order chi connectivity index (χ1) is 17.4. The number of rotatable bonds is 7. The summed E-state index contributed by atoms with van der Waals surface area (Å²) in [6.45, 7) is 1.97. The number of nitrogens with one attached hydrogen (secondary N) is 2. The number of H-pyrrole nitrogens is 1. The molecule has 0 saturated carbocycles. The molecule has 3 heterocycles. The van der Waals surface area contributed by atoms with Crippen LogP contribution >= 0.6 is 22.9 Å². The molecule has 0 spiro atoms. The number of thiazole rings is 1. The molecule has 8 nitrogen and oxygen atoms in total. The zero-order chi connectivity index (χ0) is 25.2. The second kappa shape index (κ2) is 10.3. The van der Waals surface area contributed by atoms with Crippen LogP contribution in [0.3, 0.4) is 0 Å². The fourth-order valence-electron chi connectivity index (χ4n) is 4.14. The largest absolute Gasteiger partial charge is 0.485 e. The normalized spacial score (nSPS) is 13.4. The molecule has 1 amide bonds. The molecule has 4 aromatic rings. The molecule has 1 aliphatic rings. The van der Waals surface area contributed by atoms with E-state index in [2.05, 4.69) is 27.2 Å². The second-order valence-electron chi connectivity index (χ2n) is 8.73. The van der Waals surface area contributed by atoms with Crippen LogP contribution in [0.4, 0.5) is 5.69 Å². The third-order valence-electron chi connectivity index (χ3n) is 6.01. The molecule has 0 atom stereocenters. The number of halogens is 1. The molecule has 5 rings (SSSR count). The van der Waals surface area contributed by atoms with Crippen molar-refractivity contribution in [1.82, 2.24) is 14.9 Å². The number of aromatic nitrogens is 2. The highest BCUT2D eigenvalue weighted by Gasteiger charge is 2.22. The van der Waals surface area contributed by atoms with Crippen LogP contribution in [-0.4, -0.2) is 47.4 Å². The molecule has 0 fully saturated rings. The van der Waals surface area contributed by atoms with Crippen LogP contribution in [0.15, 0.2) is 42.5 Å². The van der Waals surface area contributed by atoms with Crippen LogP contribution < -0.4 is 10.1 Å². The lowest BCUT2D eigenvalue weighted by atomic mass is 10.1. The Hall–Kier alpha value is -3.40. The van der Waals surface area contributed by atoms with Gasteiger partial charge in [0.1, 0.15) is 12.4 Å². The van der Waals surface area contributed by atoms with E-state index in [1.807, 2.05) is 24.3 Å². The number of carbonyl (C=O) groups excluding carboxylic acids is 2. The third-order valence-corrected chi connectivity index (χ3v) is 7.32. The average Bonchev–Trinajstić information content (AvgIpc) is 3.46. The fourth-order valence-corrected chi connectivity index (χ4v) is 5.41. The van der Waals surface area contributed by atoms with E-state index in [9.17, 15) is 9.59 Å². The smallest absolute Gasteiger partial charge is 0.309 e. The standard InChI is InChI=1S/C26H25ClN4O4S/c1-31-8-7-20-23(13-31)36-26(30-20)25(33)29-21-9-15(10-24(32)34-2)3-6-22(21)35-14-18-12-16-11-17(27)4-5-19(16)28-18/h3-6,9,11-12,28H,7-8,10,13-14H2,1-2H3,(H,29,33). The van der Waals surface area contributed by atoms with Crippen molar-refractivity contribution in [3.63, 3.8) is 0 Å². The van der Waals surface area contributed by atoms with Crippen molar-refractivity contribution in [3.05, 3.63) is 74.3 Å². The predicted octanol–water partition coefficient (Wildman–Crippen LogP) is 4.81. The SMILES string of the molecule is COC(=O)Cc1ccc(OCc2cc3cc(Cl)ccc3[nH]2)c(NC(=O)c2nc3c(s2)CN(C)CC3)c1. The molecule has 186 valence electrons. The summed E-state index contributed by atoms with van der Waals surface area (Å²) in [6.07, 6.45) is 0.911. The van der Waals surface area contributed by atoms with Crippen LogP contribution in [0, 0.1) is 0 Å². The molecule has 10 heteroatoms. The summed E-state index contributed by atoms with van der Waals surface area (Å²) < 4.78 is 10.9. The Kier molecular flexibility index (Phi) is 6.95. The number of benzene rings is 2. The summed E-state index contributed by atoms with van der Waals surface area (Å²) in [7, 11) is 3.40. The fraction of sp³-hybridized carbons (Fsp3) is 0.269. The van der Waals surface area contributed by atoms with E-state index < -0.39 is 0 Å². The molecule has 2 N–H and O–H groups in total. The van der Waals surface area contributed by atoms with Gasteiger partial charge in [-0.25, -0.2) is 4.98 Å². The van der Waals surface area contributed by atoms with Crippen molar-refractivity contribution in [2.45, 2.75) is 26.0 Å². The van der Waals surface area contributed by atoms with E-state index in [-0.39, 0.29) is 24.9 Å². The van der Waals surface area contributed by atoms with Gasteiger partial charge in [-0.05, 0) is 49.0 Å². The number of fused-ring (bicyclic) bond motifs is 2. The summed E-state index contributed by atoms with van der Waals surface area (Å²) in [5.41, 5.74) is 3.96. The number of methoxy groups -OCH3 is 1. The maximum atomic E-state index is 13.1. The van der Waals surface area contributed by atoms with E-state index in [1.165, 1.54) is 18.4 Å². The second-order valence-corrected chi connectivity index (χ2v) is 10.2. The van der Waals surface area contributed by atoms with Gasteiger partial charge in [0.05, 0.1) is 30.6 Å². The van der Waals surface area contributed by atoms with Crippen LogP contribution in [0.5, 0.6) is 5.75 Å². The monoisotopic (exact) mass is 524 g/mol. The molecule has 0 bridgehead atoms. The number of ether oxygens (including phenoxy) is 2. The van der Waals surface area contributed by atoms with Crippen LogP contribution in [0.2, 0.25) is 5.02 Å². The number of carbonyl (C=O) groups is 2. The van der Waals surface area contributed by atoms with Crippen molar-refractivity contribution in [2.24, 2.45) is 0 Å². The van der Waals surface area contributed by atoms with E-state index in [0.29, 0.717) is 27.0 Å². The first kappa shape index (κ1) is 24.3. The number of amides is 1. The van der Waals surface area contributed by atoms with Gasteiger partial charge in [0.25, 0.3) is 5.91 Å². The molecule has 2 aromatic heterocycles. The maximum absolute atomic E-state index is 13.1. The first-order valence-electron chi connectivity index (χ1n) is 11.5. The lowest BCUT2D eigenvalue weighted by molar-refractivity contribution is -0.139. The Morgan fingerprint density at radius 1 is 1.22 bits per heavy atom. The highest BCUT2D eigenvalue weighted by Crippen LogP contribution is 2.30. The molecule has 0 radical (unpaired) electrons. The maximum Gasteiger partial charge on any atom is 0.309 e. The summed E-state index contributed by atoms with van der Waals surface area (Å²) in [5, 5.41) is 5.00. The number of nitrogens with zero attached hydrogens (tertiary/aromatic N) is 2. The number of aromatic amines is 1. The van der Waals surface area contributed by atoms with Gasteiger partial charge >= 0.3 is 5.97 Å². The Bertz CT molecular complexity index is 1450. The summed E-state index contributed by atoms with van der Waals surface area (Å²) >= 11 is 7.51. The van der Waals surface area contributed by atoms with Gasteiger partial charge in [0, 0.05) is 40.3 Å². The minimum Gasteiger partial charge on any atom is -0.485 e. The summed E-state index contributed by atoms with van der Waals surface area (Å²) in [4.78, 5) is 36.2. The van der Waals surface area contributed by atoms with Crippen LogP contribution in [0.25, 0.3) is 10.9 Å². The van der Waals surface area contributed by atoms with E-state index in [4.69, 9.17) is 21.1 Å². The van der Waals surface area contributed by atoms with Crippen molar-refractivity contribution < 1.29 is 19.1 Å². The van der Waals surface area contributed by atoms with Crippen molar-refractivity contribution in [3.8, 4) is 5.75 Å². The zero-order valence-electron chi connectivity index (χ0n) is 19.9. The number of hydrogen-bond donors (Lipinski definition) is 2. The molecule has 0 unspecified atom stereocenters. The number of hydrogen-bond acceptors (Lipinski definition) is 7. The Morgan fingerprint density at radius 2 is 2.08 bits per heavy atom. The van der Waals surface area contributed by atoms with Gasteiger partial charge in [-0.3, -0.25) is 9.59 Å². The van der Waals surface area contributed by atoms with E-state index in [0.717, 1.165) is 46.7 Å². The predicted molar refractivity (Wildman–Crippen MR) is 140 cm³/mol. The quantitative estimate of drug-likeness (QED) is 0.337. The minimum atomic E-state index is -0.366. The van der Waals surface area contributed by atoms with Gasteiger partial charge in [-0.1, -0.05) is 17.7 Å². The van der Waals surface area contributed by atoms with E-state index >= 15 is 0 Å².